The topological polar surface area (TPSA) is 63.2 Å². The van der Waals surface area contributed by atoms with Gasteiger partial charge < -0.3 is 14.2 Å². The van der Waals surface area contributed by atoms with E-state index >= 15 is 0 Å². The highest BCUT2D eigenvalue weighted by molar-refractivity contribution is 5.60. The van der Waals surface area contributed by atoms with Crippen molar-refractivity contribution in [3.8, 4) is 0 Å². The normalized spacial score (nSPS) is 24.4. The fourth-order valence-electron chi connectivity index (χ4n) is 0.881. The van der Waals surface area contributed by atoms with E-state index in [0.717, 1.165) is 0 Å². The van der Waals surface area contributed by atoms with Crippen LogP contribution in [0.1, 0.15) is 20.8 Å². The zero-order chi connectivity index (χ0) is 12.2. The van der Waals surface area contributed by atoms with Crippen LogP contribution >= 0.6 is 0 Å². The Kier molecular flexibility index (Phi) is 3.90. The second-order valence-corrected chi connectivity index (χ2v) is 4.19. The Morgan fingerprint density at radius 3 is 2.56 bits per heavy atom. The van der Waals surface area contributed by atoms with Crippen LogP contribution in [0.25, 0.3) is 0 Å². The third-order valence-electron chi connectivity index (χ3n) is 1.47. The summed E-state index contributed by atoms with van der Waals surface area (Å²) in [5, 5.41) is 0. The van der Waals surface area contributed by atoms with Gasteiger partial charge in [-0.25, -0.2) is 9.68 Å². The Hall–Kier alpha value is -1.11. The third-order valence-corrected chi connectivity index (χ3v) is 1.47. The molecule has 0 bridgehead atoms. The van der Waals surface area contributed by atoms with Gasteiger partial charge in [0.15, 0.2) is 6.61 Å². The number of carbonyl (C=O) groups excluding carboxylic acids is 1. The molecule has 6 heteroatoms. The van der Waals surface area contributed by atoms with Crippen LogP contribution in [-0.4, -0.2) is 30.9 Å². The van der Waals surface area contributed by atoms with Gasteiger partial charge in [-0.1, -0.05) is 6.08 Å². The van der Waals surface area contributed by atoms with Crippen LogP contribution in [-0.2, 0) is 24.0 Å². The van der Waals surface area contributed by atoms with Crippen molar-refractivity contribution < 1.29 is 28.8 Å². The number of carbonyl (C=O) groups is 1. The van der Waals surface area contributed by atoms with Gasteiger partial charge >= 0.3 is 12.1 Å². The van der Waals surface area contributed by atoms with Gasteiger partial charge in [-0.15, -0.1) is 6.58 Å². The van der Waals surface area contributed by atoms with Crippen molar-refractivity contribution in [3.63, 3.8) is 0 Å². The van der Waals surface area contributed by atoms with E-state index in [2.05, 4.69) is 16.4 Å². The van der Waals surface area contributed by atoms with Gasteiger partial charge in [0.25, 0.3) is 0 Å². The summed E-state index contributed by atoms with van der Waals surface area (Å²) in [6, 6.07) is 0. The van der Waals surface area contributed by atoms with Crippen molar-refractivity contribution in [3.05, 3.63) is 12.7 Å². The Morgan fingerprint density at radius 1 is 1.56 bits per heavy atom. The maximum Gasteiger partial charge on any atom is 0.513 e. The molecule has 1 rings (SSSR count). The maximum atomic E-state index is 11.3. The predicted octanol–water partition coefficient (Wildman–Crippen LogP) is 1.76. The minimum absolute atomic E-state index is 0.0000822. The van der Waals surface area contributed by atoms with Gasteiger partial charge in [-0.2, -0.15) is 4.89 Å². The molecule has 1 fully saturated rings. The van der Waals surface area contributed by atoms with Crippen molar-refractivity contribution in [1.29, 1.82) is 0 Å². The minimum Gasteiger partial charge on any atom is -0.428 e. The summed E-state index contributed by atoms with van der Waals surface area (Å²) in [6.45, 7) is 8.82. The predicted molar refractivity (Wildman–Crippen MR) is 53.2 cm³/mol. The van der Waals surface area contributed by atoms with Gasteiger partial charge in [0.1, 0.15) is 5.60 Å². The van der Waals surface area contributed by atoms with Gasteiger partial charge in [0, 0.05) is 0 Å². The number of hydrogen-bond acceptors (Lipinski definition) is 6. The maximum absolute atomic E-state index is 11.3. The Balaban J connectivity index is 2.44. The summed E-state index contributed by atoms with van der Waals surface area (Å²) in [7, 11) is 0. The SMILES string of the molecule is C=CCOC1(OC(=O)OC(C)(C)C)COO1. The van der Waals surface area contributed by atoms with Gasteiger partial charge in [0.2, 0.25) is 0 Å². The molecule has 0 radical (unpaired) electrons. The highest BCUT2D eigenvalue weighted by atomic mass is 17.3. The molecule has 6 nitrogen and oxygen atoms in total. The molecule has 0 spiro atoms. The molecule has 1 saturated heterocycles. The molecule has 0 saturated carbocycles. The molecule has 0 aromatic carbocycles. The summed E-state index contributed by atoms with van der Waals surface area (Å²) in [6.07, 6.45) is 0.627. The second kappa shape index (κ2) is 4.82. The van der Waals surface area contributed by atoms with Crippen LogP contribution in [0.15, 0.2) is 12.7 Å². The van der Waals surface area contributed by atoms with E-state index < -0.39 is 17.7 Å². The zero-order valence-electron chi connectivity index (χ0n) is 9.65. The standard InChI is InChI=1S/C10H16O6/c1-5-6-12-10(7-13-16-10)15-8(11)14-9(2,3)4/h5H,1,6-7H2,2-4H3. The van der Waals surface area contributed by atoms with Gasteiger partial charge in [0.05, 0.1) is 6.61 Å². The lowest BCUT2D eigenvalue weighted by molar-refractivity contribution is -0.596. The van der Waals surface area contributed by atoms with Crippen molar-refractivity contribution in [2.24, 2.45) is 0 Å². The summed E-state index contributed by atoms with van der Waals surface area (Å²) in [4.78, 5) is 20.4. The molecule has 16 heavy (non-hydrogen) atoms. The lowest BCUT2D eigenvalue weighted by Crippen LogP contribution is -2.53. The van der Waals surface area contributed by atoms with E-state index in [0.29, 0.717) is 0 Å². The smallest absolute Gasteiger partial charge is 0.428 e. The number of hydrogen-bond donors (Lipinski definition) is 0. The number of rotatable bonds is 4. The zero-order valence-corrected chi connectivity index (χ0v) is 9.65. The van der Waals surface area contributed by atoms with Crippen molar-refractivity contribution in [2.75, 3.05) is 13.2 Å². The molecule has 1 aliphatic rings. The summed E-state index contributed by atoms with van der Waals surface area (Å²) < 4.78 is 14.9. The van der Waals surface area contributed by atoms with Crippen LogP contribution in [0.4, 0.5) is 4.79 Å². The largest absolute Gasteiger partial charge is 0.513 e. The van der Waals surface area contributed by atoms with E-state index in [1.165, 1.54) is 6.08 Å². The van der Waals surface area contributed by atoms with Gasteiger partial charge in [-0.3, -0.25) is 0 Å². The fraction of sp³-hybridized carbons (Fsp3) is 0.700. The molecular weight excluding hydrogens is 216 g/mol. The van der Waals surface area contributed by atoms with E-state index in [9.17, 15) is 4.79 Å². The van der Waals surface area contributed by atoms with E-state index in [1.54, 1.807) is 20.8 Å². The summed E-state index contributed by atoms with van der Waals surface area (Å²) >= 11 is 0. The van der Waals surface area contributed by atoms with E-state index in [4.69, 9.17) is 14.2 Å². The molecule has 1 atom stereocenters. The highest BCUT2D eigenvalue weighted by Gasteiger charge is 2.48. The third kappa shape index (κ3) is 3.80. The van der Waals surface area contributed by atoms with Crippen molar-refractivity contribution >= 4 is 6.16 Å². The first-order valence-electron chi connectivity index (χ1n) is 4.84. The molecule has 0 aromatic rings. The molecule has 0 aromatic heterocycles. The molecular formula is C10H16O6. The first-order valence-corrected chi connectivity index (χ1v) is 4.84. The average Bonchev–Trinajstić information content (AvgIpc) is 2.06. The van der Waals surface area contributed by atoms with E-state index in [-0.39, 0.29) is 13.2 Å². The first-order chi connectivity index (χ1) is 7.37. The van der Waals surface area contributed by atoms with Crippen molar-refractivity contribution in [2.45, 2.75) is 32.3 Å². The molecule has 1 aliphatic heterocycles. The molecule has 0 amide bonds. The average molecular weight is 232 g/mol. The lowest BCUT2D eigenvalue weighted by Gasteiger charge is -2.36. The number of ether oxygens (including phenoxy) is 3. The van der Waals surface area contributed by atoms with Crippen LogP contribution in [0, 0.1) is 0 Å². The monoisotopic (exact) mass is 232 g/mol. The van der Waals surface area contributed by atoms with Crippen LogP contribution in [0.2, 0.25) is 0 Å². The molecule has 1 unspecified atom stereocenters. The van der Waals surface area contributed by atoms with Crippen LogP contribution in [0.3, 0.4) is 0 Å². The minimum atomic E-state index is -1.50. The van der Waals surface area contributed by atoms with Crippen LogP contribution in [0.5, 0.6) is 0 Å². The molecule has 92 valence electrons. The van der Waals surface area contributed by atoms with Crippen molar-refractivity contribution in [1.82, 2.24) is 0 Å². The first kappa shape index (κ1) is 13.0. The quantitative estimate of drug-likeness (QED) is 0.318. The van der Waals surface area contributed by atoms with E-state index in [1.807, 2.05) is 0 Å². The molecule has 0 aliphatic carbocycles. The Morgan fingerprint density at radius 2 is 2.19 bits per heavy atom. The summed E-state index contributed by atoms with van der Waals surface area (Å²) in [5.41, 5.74) is -0.638. The Labute approximate surface area is 94.0 Å². The van der Waals surface area contributed by atoms with Gasteiger partial charge in [-0.05, 0) is 20.8 Å². The Bertz CT molecular complexity index is 263. The highest BCUT2D eigenvalue weighted by Crippen LogP contribution is 2.26. The second-order valence-electron chi connectivity index (χ2n) is 4.19. The fourth-order valence-corrected chi connectivity index (χ4v) is 0.881. The summed E-state index contributed by atoms with van der Waals surface area (Å²) in [5.74, 6) is -1.50. The van der Waals surface area contributed by atoms with Crippen LogP contribution < -0.4 is 0 Å². The lowest BCUT2D eigenvalue weighted by atomic mass is 10.2. The molecule has 1 heterocycles. The molecule has 0 N–H and O–H groups in total.